The number of aliphatic hydroxyl groups excluding tert-OH is 2. The van der Waals surface area contributed by atoms with Crippen molar-refractivity contribution < 1.29 is 63.7 Å². The number of phenols is 3. The smallest absolute Gasteiger partial charge is 0.312 e. The molecule has 16 nitrogen and oxygen atoms in total. The Morgan fingerprint density at radius 1 is 0.967 bits per heavy atom. The minimum Gasteiger partial charge on any atom is -0.507 e. The number of aliphatic hydroxyl groups is 2. The van der Waals surface area contributed by atoms with E-state index < -0.39 is 88.8 Å². The molecule has 0 aromatic heterocycles. The van der Waals surface area contributed by atoms with Gasteiger partial charge in [-0.3, -0.25) is 19.3 Å². The largest absolute Gasteiger partial charge is 0.507 e. The third-order valence-electron chi connectivity index (χ3n) is 12.2. The number of amides is 1. The predicted octanol–water partition coefficient (Wildman–Crippen LogP) is 5.59. The Labute approximate surface area is 356 Å². The van der Waals surface area contributed by atoms with Crippen LogP contribution in [0.4, 0.5) is 5.69 Å². The third kappa shape index (κ3) is 9.82. The third-order valence-corrected chi connectivity index (χ3v) is 12.2. The number of nitrogens with zero attached hydrogens (tertiary/aromatic N) is 2. The molecule has 2 aromatic carbocycles. The van der Waals surface area contributed by atoms with Crippen molar-refractivity contribution >= 4 is 40.3 Å². The van der Waals surface area contributed by atoms with Crippen LogP contribution in [0.5, 0.6) is 23.0 Å². The molecule has 0 spiro atoms. The molecule has 9 unspecified atom stereocenters. The van der Waals surface area contributed by atoms with Crippen molar-refractivity contribution in [1.82, 2.24) is 4.90 Å². The summed E-state index contributed by atoms with van der Waals surface area (Å²) in [6.45, 7) is 15.2. The molecule has 1 fully saturated rings. The van der Waals surface area contributed by atoms with Crippen molar-refractivity contribution in [1.29, 1.82) is 0 Å². The van der Waals surface area contributed by atoms with Crippen molar-refractivity contribution in [2.45, 2.75) is 105 Å². The number of Topliss-reactive ketones (excluding diaryl/α,β-unsaturated/α-hetero) is 1. The van der Waals surface area contributed by atoms with Crippen LogP contribution in [0.25, 0.3) is 10.8 Å². The first kappa shape index (κ1) is 46.9. The maximum absolute atomic E-state index is 14.4. The molecule has 61 heavy (non-hydrogen) atoms. The lowest BCUT2D eigenvalue weighted by Crippen LogP contribution is -2.46. The van der Waals surface area contributed by atoms with Gasteiger partial charge in [0.05, 0.1) is 53.0 Å². The van der Waals surface area contributed by atoms with Crippen molar-refractivity contribution in [3.8, 4) is 23.0 Å². The number of ketones is 1. The maximum Gasteiger partial charge on any atom is 0.312 e. The average Bonchev–Trinajstić information content (AvgIpc) is 3.50. The second-order valence-electron chi connectivity index (χ2n) is 16.6. The number of likely N-dealkylation sites (tertiary alicyclic amines) is 1. The highest BCUT2D eigenvalue weighted by Gasteiger charge is 2.50. The summed E-state index contributed by atoms with van der Waals surface area (Å²) in [7, 11) is 1.43. The van der Waals surface area contributed by atoms with E-state index in [0.717, 1.165) is 32.1 Å². The Hall–Kier alpha value is -5.16. The van der Waals surface area contributed by atoms with Gasteiger partial charge in [-0.1, -0.05) is 57.5 Å². The number of nitrogens with one attached hydrogen (secondary N) is 1. The van der Waals surface area contributed by atoms with Gasteiger partial charge in [0.1, 0.15) is 30.0 Å². The standard InChI is InChI=1S/C45H61N3O13/c1-23-14-13-15-24(2)44(56)47-35-30(22-46-59-21-19-48-17-11-10-12-18-48)39(53)32-33(40(35)54)38(52)28(6)42-34(32)43(55)45(8,61-42)58-20-16-31(57-9)25(3)41(60-29(7)49)27(5)37(51)26(4)36(23)50/h13-16,20,22-23,25-27,31,36-37,41,50-54H,10-12,17-19,21H2,1-9H3,(H,47,56)/b14-13+,20-16+,24-15+,46-22-. The van der Waals surface area contributed by atoms with Crippen LogP contribution in [0.15, 0.2) is 41.3 Å². The Bertz CT molecular complexity index is 2090. The van der Waals surface area contributed by atoms with Crippen molar-refractivity contribution in [2.24, 2.45) is 28.8 Å². The van der Waals surface area contributed by atoms with E-state index in [1.54, 1.807) is 39.8 Å². The molecule has 4 aliphatic heterocycles. The predicted molar refractivity (Wildman–Crippen MR) is 228 cm³/mol. The van der Waals surface area contributed by atoms with E-state index in [9.17, 15) is 39.9 Å². The zero-order valence-corrected chi connectivity index (χ0v) is 36.4. The van der Waals surface area contributed by atoms with Crippen LogP contribution in [0, 0.1) is 30.6 Å². The summed E-state index contributed by atoms with van der Waals surface area (Å²) in [5.74, 6) is -8.57. The molecule has 4 heterocycles. The van der Waals surface area contributed by atoms with E-state index in [0.29, 0.717) is 6.54 Å². The van der Waals surface area contributed by atoms with E-state index in [2.05, 4.69) is 15.4 Å². The summed E-state index contributed by atoms with van der Waals surface area (Å²) in [5, 5.41) is 64.4. The molecule has 0 aliphatic carbocycles. The van der Waals surface area contributed by atoms with Crippen LogP contribution in [0.1, 0.15) is 89.2 Å². The van der Waals surface area contributed by atoms with E-state index in [1.165, 1.54) is 59.6 Å². The molecular weight excluding hydrogens is 791 g/mol. The summed E-state index contributed by atoms with van der Waals surface area (Å²) >= 11 is 0. The quantitative estimate of drug-likeness (QED) is 0.0499. The SMILES string of the molecule is COC1/C=C/OC2(C)Oc3c(C)c(O)c4c(O)c(c(/C=N\OCCN5CCCCC5)c(O)c4c3C2=O)NC(=O)/C(C)=C/C=C/C(C)C(O)C(C)C(O)C(C)C(OC(C)=O)C1C. The van der Waals surface area contributed by atoms with Gasteiger partial charge in [0.25, 0.3) is 11.7 Å². The van der Waals surface area contributed by atoms with Crippen LogP contribution < -0.4 is 10.1 Å². The number of piperidine rings is 1. The molecule has 0 radical (unpaired) electrons. The fourth-order valence-electron chi connectivity index (χ4n) is 8.37. The Morgan fingerprint density at radius 2 is 1.66 bits per heavy atom. The number of esters is 1. The van der Waals surface area contributed by atoms with Gasteiger partial charge >= 0.3 is 11.8 Å². The number of rotatable bonds is 7. The summed E-state index contributed by atoms with van der Waals surface area (Å²) < 4.78 is 23.6. The number of hydrogen-bond acceptors (Lipinski definition) is 15. The molecule has 334 valence electrons. The number of allylic oxidation sites excluding steroid dienone is 2. The number of carbonyl (C=O) groups is 3. The molecular formula is C45H61N3O13. The average molecular weight is 852 g/mol. The highest BCUT2D eigenvalue weighted by molar-refractivity contribution is 6.23. The van der Waals surface area contributed by atoms with Crippen LogP contribution >= 0.6 is 0 Å². The summed E-state index contributed by atoms with van der Waals surface area (Å²) in [6.07, 6.45) is 7.96. The number of benzene rings is 2. The van der Waals surface area contributed by atoms with Crippen LogP contribution in [0.3, 0.4) is 0 Å². The molecule has 5 bridgehead atoms. The molecule has 2 aromatic rings. The lowest BCUT2D eigenvalue weighted by molar-refractivity contribution is -0.160. The molecule has 1 saturated heterocycles. The normalized spacial score (nSPS) is 31.3. The number of anilines is 1. The zero-order chi connectivity index (χ0) is 44.9. The van der Waals surface area contributed by atoms with Crippen LogP contribution in [0.2, 0.25) is 0 Å². The molecule has 9 atom stereocenters. The summed E-state index contributed by atoms with van der Waals surface area (Å²) in [5.41, 5.74) is -0.555. The fraction of sp³-hybridized carbons (Fsp3) is 0.556. The first-order valence-electron chi connectivity index (χ1n) is 20.8. The highest BCUT2D eigenvalue weighted by Crippen LogP contribution is 2.55. The van der Waals surface area contributed by atoms with Gasteiger partial charge < -0.3 is 54.6 Å². The first-order chi connectivity index (χ1) is 28.8. The molecule has 16 heteroatoms. The Kier molecular flexibility index (Phi) is 15.1. The van der Waals surface area contributed by atoms with E-state index >= 15 is 0 Å². The number of oxime groups is 1. The van der Waals surface area contributed by atoms with E-state index in [4.69, 9.17) is 23.8 Å². The fourth-order valence-corrected chi connectivity index (χ4v) is 8.37. The first-order valence-corrected chi connectivity index (χ1v) is 20.8. The second-order valence-corrected chi connectivity index (χ2v) is 16.6. The van der Waals surface area contributed by atoms with Crippen molar-refractivity contribution in [2.75, 3.05) is 38.7 Å². The Balaban J connectivity index is 1.65. The molecule has 4 aliphatic rings. The van der Waals surface area contributed by atoms with Gasteiger partial charge in [0.2, 0.25) is 0 Å². The number of phenolic OH excluding ortho intramolecular Hbond substituents is 3. The van der Waals surface area contributed by atoms with Crippen LogP contribution in [-0.2, 0) is 28.6 Å². The molecule has 6 rings (SSSR count). The van der Waals surface area contributed by atoms with Crippen LogP contribution in [-0.4, -0.2) is 118 Å². The van der Waals surface area contributed by atoms with Gasteiger partial charge in [-0.15, -0.1) is 0 Å². The Morgan fingerprint density at radius 3 is 2.31 bits per heavy atom. The van der Waals surface area contributed by atoms with Crippen molar-refractivity contribution in [3.05, 3.63) is 52.8 Å². The number of methoxy groups -OCH3 is 1. The minimum absolute atomic E-state index is 0.0408. The molecule has 0 saturated carbocycles. The van der Waals surface area contributed by atoms with E-state index in [-0.39, 0.29) is 51.1 Å². The summed E-state index contributed by atoms with van der Waals surface area (Å²) in [4.78, 5) is 48.3. The van der Waals surface area contributed by atoms with Gasteiger partial charge in [0.15, 0.2) is 5.75 Å². The lowest BCUT2D eigenvalue weighted by Gasteiger charge is -2.38. The van der Waals surface area contributed by atoms with Gasteiger partial charge in [-0.05, 0) is 45.9 Å². The van der Waals surface area contributed by atoms with Gasteiger partial charge in [-0.25, -0.2) is 0 Å². The summed E-state index contributed by atoms with van der Waals surface area (Å²) in [6, 6.07) is 0. The number of ether oxygens (including phenoxy) is 4. The number of carbonyl (C=O) groups excluding carboxylic acids is 3. The monoisotopic (exact) mass is 851 g/mol. The minimum atomic E-state index is -2.06. The maximum atomic E-state index is 14.4. The number of aromatic hydroxyl groups is 3. The second kappa shape index (κ2) is 19.7. The van der Waals surface area contributed by atoms with Gasteiger partial charge in [-0.2, -0.15) is 0 Å². The van der Waals surface area contributed by atoms with E-state index in [1.807, 2.05) is 0 Å². The topological polar surface area (TPSA) is 226 Å². The zero-order valence-electron chi connectivity index (χ0n) is 36.4. The van der Waals surface area contributed by atoms with Gasteiger partial charge in [0, 0.05) is 67.7 Å². The number of fused-ring (bicyclic) bond motifs is 14. The molecule has 6 N–H and O–H groups in total. The molecule has 1 amide bonds. The highest BCUT2D eigenvalue weighted by atomic mass is 16.7. The lowest BCUT2D eigenvalue weighted by atomic mass is 9.78. The van der Waals surface area contributed by atoms with Crippen molar-refractivity contribution in [3.63, 3.8) is 0 Å². The number of hydrogen-bond donors (Lipinski definition) is 6.